The molecule has 0 aliphatic rings. The Hall–Kier alpha value is -1.72. The van der Waals surface area contributed by atoms with Crippen molar-refractivity contribution < 1.29 is 28.5 Å². The summed E-state index contributed by atoms with van der Waals surface area (Å²) in [6.07, 6.45) is 3.46. The van der Waals surface area contributed by atoms with Gasteiger partial charge in [0.1, 0.15) is 18.8 Å². The van der Waals surface area contributed by atoms with Crippen molar-refractivity contribution in [3.63, 3.8) is 0 Å². The highest BCUT2D eigenvalue weighted by atomic mass is 16.7. The van der Waals surface area contributed by atoms with E-state index in [0.29, 0.717) is 6.61 Å². The van der Waals surface area contributed by atoms with Crippen LogP contribution >= 0.6 is 0 Å². The zero-order valence-electron chi connectivity index (χ0n) is 12.6. The molecule has 0 bridgehead atoms. The van der Waals surface area contributed by atoms with Crippen molar-refractivity contribution >= 4 is 12.3 Å². The van der Waals surface area contributed by atoms with Gasteiger partial charge < -0.3 is 18.9 Å². The predicted octanol–water partition coefficient (Wildman–Crippen LogP) is 3.45. The molecule has 6 nitrogen and oxygen atoms in total. The highest BCUT2D eigenvalue weighted by Crippen LogP contribution is 2.07. The minimum absolute atomic E-state index is 0.0587. The maximum absolute atomic E-state index is 11.2. The third-order valence-corrected chi connectivity index (χ3v) is 1.87. The summed E-state index contributed by atoms with van der Waals surface area (Å²) < 4.78 is 19.3. The fraction of sp³-hybridized carbons (Fsp3) is 0.714. The summed E-state index contributed by atoms with van der Waals surface area (Å²) in [6.45, 7) is 7.75. The zero-order valence-corrected chi connectivity index (χ0v) is 12.6. The van der Waals surface area contributed by atoms with Crippen LogP contribution in [0.25, 0.3) is 0 Å². The summed E-state index contributed by atoms with van der Waals surface area (Å²) in [5, 5.41) is 0. The van der Waals surface area contributed by atoms with E-state index >= 15 is 0 Å². The molecule has 0 aromatic carbocycles. The normalized spacial score (nSPS) is 11.2. The van der Waals surface area contributed by atoms with E-state index < -0.39 is 17.9 Å². The fourth-order valence-electron chi connectivity index (χ4n) is 0.989. The van der Waals surface area contributed by atoms with Crippen LogP contribution in [-0.2, 0) is 18.9 Å². The first-order valence-electron chi connectivity index (χ1n) is 6.65. The molecule has 0 rings (SSSR count). The Labute approximate surface area is 120 Å². The van der Waals surface area contributed by atoms with Crippen molar-refractivity contribution in [2.75, 3.05) is 19.8 Å². The van der Waals surface area contributed by atoms with Gasteiger partial charge in [-0.25, -0.2) is 9.59 Å². The quantitative estimate of drug-likeness (QED) is 0.406. The number of hydrogen-bond acceptors (Lipinski definition) is 6. The monoisotopic (exact) mass is 288 g/mol. The molecular weight excluding hydrogens is 264 g/mol. The van der Waals surface area contributed by atoms with Crippen LogP contribution in [0.1, 0.15) is 40.5 Å². The van der Waals surface area contributed by atoms with E-state index in [-0.39, 0.29) is 13.2 Å². The van der Waals surface area contributed by atoms with E-state index in [1.54, 1.807) is 32.9 Å². The van der Waals surface area contributed by atoms with Gasteiger partial charge in [0.25, 0.3) is 0 Å². The molecule has 6 heteroatoms. The first-order valence-corrected chi connectivity index (χ1v) is 6.65. The van der Waals surface area contributed by atoms with Gasteiger partial charge in [0.05, 0.1) is 6.61 Å². The Morgan fingerprint density at radius 3 is 2.00 bits per heavy atom. The number of ether oxygens (including phenoxy) is 4. The van der Waals surface area contributed by atoms with Crippen molar-refractivity contribution in [3.8, 4) is 0 Å². The second-order valence-electron chi connectivity index (χ2n) is 5.01. The second-order valence-corrected chi connectivity index (χ2v) is 5.01. The van der Waals surface area contributed by atoms with E-state index in [9.17, 15) is 9.59 Å². The third-order valence-electron chi connectivity index (χ3n) is 1.87. The lowest BCUT2D eigenvalue weighted by Gasteiger charge is -2.18. The molecule has 0 radical (unpaired) electrons. The van der Waals surface area contributed by atoms with Gasteiger partial charge in [0, 0.05) is 0 Å². The van der Waals surface area contributed by atoms with Crippen LogP contribution in [0.3, 0.4) is 0 Å². The molecule has 0 aliphatic carbocycles. The maximum Gasteiger partial charge on any atom is 0.509 e. The smallest absolute Gasteiger partial charge is 0.434 e. The Morgan fingerprint density at radius 2 is 1.50 bits per heavy atom. The first-order chi connectivity index (χ1) is 9.35. The van der Waals surface area contributed by atoms with E-state index in [1.165, 1.54) is 0 Å². The van der Waals surface area contributed by atoms with Crippen LogP contribution < -0.4 is 0 Å². The largest absolute Gasteiger partial charge is 0.509 e. The predicted molar refractivity (Wildman–Crippen MR) is 73.5 cm³/mol. The molecular formula is C14H24O6. The van der Waals surface area contributed by atoms with Crippen LogP contribution in [0.2, 0.25) is 0 Å². The molecule has 116 valence electrons. The van der Waals surface area contributed by atoms with Crippen LogP contribution in [0.5, 0.6) is 0 Å². The van der Waals surface area contributed by atoms with Crippen LogP contribution in [0, 0.1) is 0 Å². The molecule has 0 atom stereocenters. The summed E-state index contributed by atoms with van der Waals surface area (Å²) in [5.41, 5.74) is -0.577. The Morgan fingerprint density at radius 1 is 0.950 bits per heavy atom. The Bertz CT molecular complexity index is 316. The molecule has 0 saturated heterocycles. The van der Waals surface area contributed by atoms with Gasteiger partial charge in [-0.3, -0.25) is 0 Å². The lowest BCUT2D eigenvalue weighted by Crippen LogP contribution is -2.24. The number of rotatable bonds is 7. The molecule has 20 heavy (non-hydrogen) atoms. The molecule has 0 aliphatic heterocycles. The number of hydrogen-bond donors (Lipinski definition) is 0. The highest BCUT2D eigenvalue weighted by Gasteiger charge is 2.16. The Kier molecular flexibility index (Phi) is 9.24. The van der Waals surface area contributed by atoms with Crippen LogP contribution in [0.4, 0.5) is 9.59 Å². The standard InChI is InChI=1S/C14H24O6/c1-5-6-9-17-12(15)18-10-7-8-11-19-13(16)20-14(2,3)4/h7-8H,5-6,9-11H2,1-4H3. The molecule has 0 heterocycles. The van der Waals surface area contributed by atoms with E-state index in [0.717, 1.165) is 12.8 Å². The van der Waals surface area contributed by atoms with E-state index in [2.05, 4.69) is 0 Å². The lowest BCUT2D eigenvalue weighted by molar-refractivity contribution is -0.00255. The van der Waals surface area contributed by atoms with Crippen molar-refractivity contribution in [2.45, 2.75) is 46.1 Å². The number of carbonyl (C=O) groups is 2. The van der Waals surface area contributed by atoms with Gasteiger partial charge in [-0.05, 0) is 39.3 Å². The van der Waals surface area contributed by atoms with Gasteiger partial charge >= 0.3 is 12.3 Å². The number of carbonyl (C=O) groups excluding carboxylic acids is 2. The maximum atomic E-state index is 11.2. The van der Waals surface area contributed by atoms with Gasteiger partial charge in [-0.15, -0.1) is 0 Å². The van der Waals surface area contributed by atoms with Crippen molar-refractivity contribution in [1.82, 2.24) is 0 Å². The van der Waals surface area contributed by atoms with Gasteiger partial charge in [-0.1, -0.05) is 13.3 Å². The second kappa shape index (κ2) is 10.1. The molecule has 0 fully saturated rings. The molecule has 0 aromatic heterocycles. The van der Waals surface area contributed by atoms with Crippen LogP contribution in [0.15, 0.2) is 12.2 Å². The minimum atomic E-state index is -0.734. The number of unbranched alkanes of at least 4 members (excludes halogenated alkanes) is 1. The Balaban J connectivity index is 3.57. The lowest BCUT2D eigenvalue weighted by atomic mass is 10.2. The van der Waals surface area contributed by atoms with Crippen molar-refractivity contribution in [2.24, 2.45) is 0 Å². The summed E-state index contributed by atoms with van der Waals surface area (Å²) in [6, 6.07) is 0. The summed E-state index contributed by atoms with van der Waals surface area (Å²) in [7, 11) is 0. The van der Waals surface area contributed by atoms with E-state index in [4.69, 9.17) is 18.9 Å². The molecule has 0 N–H and O–H groups in total. The minimum Gasteiger partial charge on any atom is -0.434 e. The molecule has 0 aromatic rings. The van der Waals surface area contributed by atoms with Gasteiger partial charge in [0.15, 0.2) is 0 Å². The van der Waals surface area contributed by atoms with Gasteiger partial charge in [-0.2, -0.15) is 0 Å². The zero-order chi connectivity index (χ0) is 15.4. The van der Waals surface area contributed by atoms with E-state index in [1.807, 2.05) is 6.92 Å². The SMILES string of the molecule is CCCCOC(=O)OCC=CCOC(=O)OC(C)(C)C. The molecule has 0 spiro atoms. The molecule has 0 amide bonds. The average Bonchev–Trinajstić information content (AvgIpc) is 2.31. The fourth-order valence-corrected chi connectivity index (χ4v) is 0.989. The van der Waals surface area contributed by atoms with Gasteiger partial charge in [0.2, 0.25) is 0 Å². The topological polar surface area (TPSA) is 71.1 Å². The summed E-state index contributed by atoms with van der Waals surface area (Å²) in [5.74, 6) is 0. The molecule has 0 unspecified atom stereocenters. The molecule has 0 saturated carbocycles. The van der Waals surface area contributed by atoms with Crippen molar-refractivity contribution in [3.05, 3.63) is 12.2 Å². The first kappa shape index (κ1) is 18.3. The summed E-state index contributed by atoms with van der Waals surface area (Å²) in [4.78, 5) is 22.2. The summed E-state index contributed by atoms with van der Waals surface area (Å²) >= 11 is 0. The van der Waals surface area contributed by atoms with Crippen molar-refractivity contribution in [1.29, 1.82) is 0 Å². The average molecular weight is 288 g/mol. The highest BCUT2D eigenvalue weighted by molar-refractivity contribution is 5.60. The van der Waals surface area contributed by atoms with Crippen LogP contribution in [-0.4, -0.2) is 37.7 Å². The third kappa shape index (κ3) is 12.7.